The number of hydrogen-bond donors (Lipinski definition) is 1. The van der Waals surface area contributed by atoms with Gasteiger partial charge in [-0.05, 0) is 71.3 Å². The molecule has 0 aliphatic carbocycles. The number of H-pyrrole nitrogens is 1. The first kappa shape index (κ1) is 34.5. The van der Waals surface area contributed by atoms with E-state index in [4.69, 9.17) is 0 Å². The molecule has 0 saturated heterocycles. The van der Waals surface area contributed by atoms with Crippen LogP contribution >= 0.6 is 0 Å². The second kappa shape index (κ2) is 14.6. The predicted octanol–water partition coefficient (Wildman–Crippen LogP) is 13.8. The van der Waals surface area contributed by atoms with Crippen LogP contribution < -0.4 is 0 Å². The van der Waals surface area contributed by atoms with Crippen LogP contribution in [0.5, 0.6) is 0 Å². The molecule has 3 aromatic heterocycles. The summed E-state index contributed by atoms with van der Waals surface area (Å²) in [5.74, 6) is 0. The summed E-state index contributed by atoms with van der Waals surface area (Å²) in [5.41, 5.74) is 13.0. The van der Waals surface area contributed by atoms with E-state index in [-0.39, 0.29) is 10.6 Å². The van der Waals surface area contributed by atoms with Gasteiger partial charge >= 0.3 is 0 Å². The van der Waals surface area contributed by atoms with E-state index in [9.17, 15) is 10.1 Å². The zero-order valence-corrected chi connectivity index (χ0v) is 31.4. The Morgan fingerprint density at radius 3 is 1.66 bits per heavy atom. The highest BCUT2D eigenvalue weighted by molar-refractivity contribution is 6.17. The van der Waals surface area contributed by atoms with Crippen LogP contribution in [0.2, 0.25) is 0 Å². The average Bonchev–Trinajstić information content (AvgIpc) is 3.99. The summed E-state index contributed by atoms with van der Waals surface area (Å²) in [5, 5.41) is 16.4. The molecule has 11 aromatic rings. The number of nitro benzene ring substituents is 1. The Balaban J connectivity index is 0.000000141. The lowest BCUT2D eigenvalue weighted by atomic mass is 10.0. The smallest absolute Gasteiger partial charge is 0.277 e. The van der Waals surface area contributed by atoms with Gasteiger partial charge < -0.3 is 14.1 Å². The number of rotatable bonds is 6. The Morgan fingerprint density at radius 2 is 0.983 bits per heavy atom. The van der Waals surface area contributed by atoms with Crippen LogP contribution in [0, 0.1) is 10.1 Å². The van der Waals surface area contributed by atoms with E-state index in [1.54, 1.807) is 18.2 Å². The maximum Gasteiger partial charge on any atom is 0.277 e. The SMILES string of the molecule is O=[N+]([O-])c1ccccc1-c1ccc2cc(-c3ccccc3)n(-c3ccccc3)c2c1.c1ccc(-c2cc3ccc4c5ccccc5[nH]c4c3n2-c2ccccc2)cc1. The zero-order valence-electron chi connectivity index (χ0n) is 31.4. The number of nitro groups is 1. The molecule has 0 bridgehead atoms. The van der Waals surface area contributed by atoms with Crippen molar-refractivity contribution in [3.05, 3.63) is 222 Å². The van der Waals surface area contributed by atoms with Crippen molar-refractivity contribution in [2.45, 2.75) is 0 Å². The standard InChI is InChI=1S/C26H18N2O2.C26H18N2/c29-28(30)24-14-8-7-13-23(24)20-15-16-21-18-25(19-9-3-1-4-10-19)27(26(21)17-20)22-11-5-2-6-12-22;1-3-9-18(10-4-1)24-17-19-15-16-22-21-13-7-8-14-23(21)27-25(22)26(19)28(24)20-11-5-2-6-12-20/h1-18H;1-17,27H. The molecule has 6 nitrogen and oxygen atoms in total. The van der Waals surface area contributed by atoms with Crippen molar-refractivity contribution in [1.29, 1.82) is 0 Å². The van der Waals surface area contributed by atoms with Gasteiger partial charge in [0.15, 0.2) is 0 Å². The first-order chi connectivity index (χ1) is 28.6. The number of nitrogens with one attached hydrogen (secondary N) is 1. The molecule has 6 heteroatoms. The topological polar surface area (TPSA) is 68.8 Å². The highest BCUT2D eigenvalue weighted by Gasteiger charge is 2.19. The molecule has 58 heavy (non-hydrogen) atoms. The summed E-state index contributed by atoms with van der Waals surface area (Å²) in [7, 11) is 0. The summed E-state index contributed by atoms with van der Waals surface area (Å²) in [6, 6.07) is 72.0. The lowest BCUT2D eigenvalue weighted by Gasteiger charge is -2.12. The second-order valence-electron chi connectivity index (χ2n) is 14.3. The third-order valence-electron chi connectivity index (χ3n) is 10.8. The molecule has 0 radical (unpaired) electrons. The molecular formula is C52H36N4O2. The molecule has 1 N–H and O–H groups in total. The van der Waals surface area contributed by atoms with Crippen molar-refractivity contribution in [3.63, 3.8) is 0 Å². The summed E-state index contributed by atoms with van der Waals surface area (Å²) in [6.45, 7) is 0. The fraction of sp³-hybridized carbons (Fsp3) is 0. The fourth-order valence-electron chi connectivity index (χ4n) is 8.20. The predicted molar refractivity (Wildman–Crippen MR) is 239 cm³/mol. The molecule has 3 heterocycles. The van der Waals surface area contributed by atoms with Crippen molar-refractivity contribution < 1.29 is 4.92 Å². The van der Waals surface area contributed by atoms with Gasteiger partial charge in [-0.25, -0.2) is 0 Å². The van der Waals surface area contributed by atoms with Gasteiger partial charge in [0.25, 0.3) is 5.69 Å². The average molecular weight is 749 g/mol. The van der Waals surface area contributed by atoms with Gasteiger partial charge in [-0.2, -0.15) is 0 Å². The molecule has 11 rings (SSSR count). The van der Waals surface area contributed by atoms with E-state index in [0.717, 1.165) is 33.4 Å². The van der Waals surface area contributed by atoms with Crippen LogP contribution in [0.4, 0.5) is 5.69 Å². The zero-order chi connectivity index (χ0) is 39.0. The van der Waals surface area contributed by atoms with Crippen LogP contribution in [0.3, 0.4) is 0 Å². The molecule has 0 amide bonds. The summed E-state index contributed by atoms with van der Waals surface area (Å²) in [4.78, 5) is 14.9. The van der Waals surface area contributed by atoms with E-state index in [2.05, 4.69) is 148 Å². The van der Waals surface area contributed by atoms with Crippen LogP contribution in [0.1, 0.15) is 0 Å². The minimum Gasteiger partial charge on any atom is -0.353 e. The van der Waals surface area contributed by atoms with Gasteiger partial charge in [0, 0.05) is 44.5 Å². The number of aromatic amines is 1. The number of benzene rings is 8. The maximum atomic E-state index is 11.5. The van der Waals surface area contributed by atoms with E-state index >= 15 is 0 Å². The Morgan fingerprint density at radius 1 is 0.448 bits per heavy atom. The Hall–Kier alpha value is -7.96. The van der Waals surface area contributed by atoms with Gasteiger partial charge in [0.05, 0.1) is 38.4 Å². The van der Waals surface area contributed by atoms with E-state index < -0.39 is 0 Å². The quantitative estimate of drug-likeness (QED) is 0.136. The molecule has 276 valence electrons. The van der Waals surface area contributed by atoms with Crippen molar-refractivity contribution in [1.82, 2.24) is 14.1 Å². The second-order valence-corrected chi connectivity index (χ2v) is 14.3. The lowest BCUT2D eigenvalue weighted by molar-refractivity contribution is -0.384. The number of nitrogens with zero attached hydrogens (tertiary/aromatic N) is 3. The number of aromatic nitrogens is 3. The number of fused-ring (bicyclic) bond motifs is 6. The molecule has 0 spiro atoms. The minimum atomic E-state index is -0.328. The molecule has 0 aliphatic heterocycles. The normalized spacial score (nSPS) is 11.2. The minimum absolute atomic E-state index is 0.109. The van der Waals surface area contributed by atoms with E-state index in [1.807, 2.05) is 60.7 Å². The summed E-state index contributed by atoms with van der Waals surface area (Å²) in [6.07, 6.45) is 0. The highest BCUT2D eigenvalue weighted by Crippen LogP contribution is 2.39. The Kier molecular flexibility index (Phi) is 8.69. The number of hydrogen-bond acceptors (Lipinski definition) is 2. The fourth-order valence-corrected chi connectivity index (χ4v) is 8.20. The molecule has 8 aromatic carbocycles. The summed E-state index contributed by atoms with van der Waals surface area (Å²) < 4.78 is 4.59. The molecule has 0 saturated carbocycles. The van der Waals surface area contributed by atoms with E-state index in [1.165, 1.54) is 49.7 Å². The van der Waals surface area contributed by atoms with Crippen LogP contribution in [-0.2, 0) is 0 Å². The molecular weight excluding hydrogens is 713 g/mol. The lowest BCUT2D eigenvalue weighted by Crippen LogP contribution is -1.97. The van der Waals surface area contributed by atoms with Crippen molar-refractivity contribution in [2.75, 3.05) is 0 Å². The molecule has 0 unspecified atom stereocenters. The molecule has 0 aliphatic rings. The largest absolute Gasteiger partial charge is 0.353 e. The van der Waals surface area contributed by atoms with Crippen LogP contribution in [-0.4, -0.2) is 19.0 Å². The van der Waals surface area contributed by atoms with Gasteiger partial charge in [-0.1, -0.05) is 152 Å². The Labute approximate surface area is 334 Å². The van der Waals surface area contributed by atoms with Crippen LogP contribution in [0.25, 0.3) is 88.6 Å². The van der Waals surface area contributed by atoms with Gasteiger partial charge in [0.1, 0.15) is 0 Å². The van der Waals surface area contributed by atoms with Gasteiger partial charge in [-0.15, -0.1) is 0 Å². The first-order valence-electron chi connectivity index (χ1n) is 19.3. The molecule has 0 atom stereocenters. The maximum absolute atomic E-state index is 11.5. The summed E-state index contributed by atoms with van der Waals surface area (Å²) >= 11 is 0. The van der Waals surface area contributed by atoms with Gasteiger partial charge in [-0.3, -0.25) is 10.1 Å². The van der Waals surface area contributed by atoms with Crippen molar-refractivity contribution >= 4 is 49.3 Å². The third kappa shape index (κ3) is 6.10. The van der Waals surface area contributed by atoms with E-state index in [0.29, 0.717) is 5.56 Å². The first-order valence-corrected chi connectivity index (χ1v) is 19.3. The van der Waals surface area contributed by atoms with Gasteiger partial charge in [0.2, 0.25) is 0 Å². The van der Waals surface area contributed by atoms with Crippen molar-refractivity contribution in [2.24, 2.45) is 0 Å². The van der Waals surface area contributed by atoms with Crippen LogP contribution in [0.15, 0.2) is 212 Å². The number of para-hydroxylation sites is 4. The monoisotopic (exact) mass is 748 g/mol. The highest BCUT2D eigenvalue weighted by atomic mass is 16.6. The molecule has 0 fully saturated rings. The van der Waals surface area contributed by atoms with Crippen molar-refractivity contribution in [3.8, 4) is 45.0 Å². The Bertz CT molecular complexity index is 3240. The third-order valence-corrected chi connectivity index (χ3v) is 10.8.